The number of amides is 1. The van der Waals surface area contributed by atoms with Crippen molar-refractivity contribution in [3.05, 3.63) is 58.5 Å². The summed E-state index contributed by atoms with van der Waals surface area (Å²) in [5.74, 6) is -0.426. The van der Waals surface area contributed by atoms with E-state index in [0.29, 0.717) is 18.5 Å². The third-order valence-electron chi connectivity index (χ3n) is 3.96. The predicted molar refractivity (Wildman–Crippen MR) is 87.7 cm³/mol. The van der Waals surface area contributed by atoms with Crippen LogP contribution in [0.25, 0.3) is 11.0 Å². The van der Waals surface area contributed by atoms with Gasteiger partial charge in [-0.1, -0.05) is 24.3 Å². The molecule has 1 atom stereocenters. The molecule has 0 saturated carbocycles. The van der Waals surface area contributed by atoms with E-state index in [1.165, 1.54) is 0 Å². The van der Waals surface area contributed by atoms with E-state index in [1.54, 1.807) is 12.1 Å². The lowest BCUT2D eigenvalue weighted by molar-refractivity contribution is 0.0855. The van der Waals surface area contributed by atoms with Crippen molar-refractivity contribution in [2.75, 3.05) is 13.2 Å². The summed E-state index contributed by atoms with van der Waals surface area (Å²) in [6, 6.07) is 7.15. The summed E-state index contributed by atoms with van der Waals surface area (Å²) in [4.78, 5) is 24.4. The van der Waals surface area contributed by atoms with Gasteiger partial charge in [0.1, 0.15) is 11.1 Å². The normalized spacial score (nSPS) is 17.3. The van der Waals surface area contributed by atoms with Gasteiger partial charge < -0.3 is 14.5 Å². The molecule has 5 heteroatoms. The monoisotopic (exact) mass is 313 g/mol. The van der Waals surface area contributed by atoms with Crippen LogP contribution in [0.5, 0.6) is 0 Å². The molecule has 1 fully saturated rings. The molecule has 0 aliphatic carbocycles. The van der Waals surface area contributed by atoms with Crippen molar-refractivity contribution in [2.45, 2.75) is 25.4 Å². The molecule has 0 spiro atoms. The van der Waals surface area contributed by atoms with Gasteiger partial charge >= 0.3 is 5.63 Å². The Morgan fingerprint density at radius 1 is 1.43 bits per heavy atom. The fraction of sp³-hybridized carbons (Fsp3) is 0.333. The molecule has 0 unspecified atom stereocenters. The summed E-state index contributed by atoms with van der Waals surface area (Å²) in [5, 5.41) is 3.47. The summed E-state index contributed by atoms with van der Waals surface area (Å²) in [5.41, 5.74) is 0.777. The molecule has 1 aromatic heterocycles. The number of fused-ring (bicyclic) bond motifs is 1. The fourth-order valence-corrected chi connectivity index (χ4v) is 2.79. The van der Waals surface area contributed by atoms with Gasteiger partial charge in [0.15, 0.2) is 0 Å². The number of hydrogen-bond donors (Lipinski definition) is 1. The standard InChI is InChI=1S/C18H19NO4/c1-2-5-12-6-3-7-13-10-15(18(21)23-16(12)13)17(20)19-11-14-8-4-9-22-14/h2-3,6-7,10,14H,1,4-5,8-9,11H2,(H,19,20)/t14-/m0/s1. The van der Waals surface area contributed by atoms with Crippen molar-refractivity contribution < 1.29 is 13.9 Å². The molecule has 2 heterocycles. The Bertz CT molecular complexity index is 787. The number of nitrogens with one attached hydrogen (secondary N) is 1. The molecule has 120 valence electrons. The lowest BCUT2D eigenvalue weighted by atomic mass is 10.1. The van der Waals surface area contributed by atoms with Crippen molar-refractivity contribution in [3.63, 3.8) is 0 Å². The van der Waals surface area contributed by atoms with Gasteiger partial charge in [-0.2, -0.15) is 0 Å². The van der Waals surface area contributed by atoms with E-state index in [0.717, 1.165) is 30.4 Å². The lowest BCUT2D eigenvalue weighted by Gasteiger charge is -2.10. The first-order valence-corrected chi connectivity index (χ1v) is 7.75. The van der Waals surface area contributed by atoms with Crippen LogP contribution in [0.2, 0.25) is 0 Å². The lowest BCUT2D eigenvalue weighted by Crippen LogP contribution is -2.34. The highest BCUT2D eigenvalue weighted by Crippen LogP contribution is 2.19. The number of hydrogen-bond acceptors (Lipinski definition) is 4. The van der Waals surface area contributed by atoms with Gasteiger partial charge in [-0.25, -0.2) is 4.79 Å². The van der Waals surface area contributed by atoms with Crippen LogP contribution < -0.4 is 10.9 Å². The second kappa shape index (κ2) is 6.79. The Kier molecular flexibility index (Phi) is 4.57. The molecule has 1 amide bonds. The van der Waals surface area contributed by atoms with Crippen molar-refractivity contribution in [3.8, 4) is 0 Å². The van der Waals surface area contributed by atoms with E-state index in [2.05, 4.69) is 11.9 Å². The van der Waals surface area contributed by atoms with E-state index in [4.69, 9.17) is 9.15 Å². The first-order chi connectivity index (χ1) is 11.2. The number of ether oxygens (including phenoxy) is 1. The highest BCUT2D eigenvalue weighted by Gasteiger charge is 2.19. The Morgan fingerprint density at radius 2 is 2.30 bits per heavy atom. The van der Waals surface area contributed by atoms with E-state index >= 15 is 0 Å². The molecule has 2 aromatic rings. The number of para-hydroxylation sites is 1. The first kappa shape index (κ1) is 15.5. The Hall–Kier alpha value is -2.40. The third-order valence-corrected chi connectivity index (χ3v) is 3.96. The summed E-state index contributed by atoms with van der Waals surface area (Å²) in [6.07, 6.45) is 4.31. The Morgan fingerprint density at radius 3 is 3.04 bits per heavy atom. The van der Waals surface area contributed by atoms with Crippen LogP contribution >= 0.6 is 0 Å². The quantitative estimate of drug-likeness (QED) is 0.680. The number of benzene rings is 1. The molecule has 0 bridgehead atoms. The molecule has 1 N–H and O–H groups in total. The van der Waals surface area contributed by atoms with E-state index < -0.39 is 11.5 Å². The maximum absolute atomic E-state index is 12.2. The van der Waals surface area contributed by atoms with Crippen molar-refractivity contribution >= 4 is 16.9 Å². The minimum absolute atomic E-state index is 0.0197. The number of allylic oxidation sites excluding steroid dienone is 1. The van der Waals surface area contributed by atoms with Crippen LogP contribution in [0.3, 0.4) is 0 Å². The average molecular weight is 313 g/mol. The van der Waals surface area contributed by atoms with Crippen LogP contribution in [-0.4, -0.2) is 25.2 Å². The molecular weight excluding hydrogens is 294 g/mol. The van der Waals surface area contributed by atoms with Crippen molar-refractivity contribution in [1.82, 2.24) is 5.32 Å². The van der Waals surface area contributed by atoms with Crippen LogP contribution in [-0.2, 0) is 11.2 Å². The summed E-state index contributed by atoms with van der Waals surface area (Å²) in [7, 11) is 0. The molecule has 0 radical (unpaired) electrons. The third kappa shape index (κ3) is 3.35. The minimum atomic E-state index is -0.626. The molecule has 1 saturated heterocycles. The van der Waals surface area contributed by atoms with Crippen LogP contribution in [0.4, 0.5) is 0 Å². The molecule has 3 rings (SSSR count). The minimum Gasteiger partial charge on any atom is -0.422 e. The maximum atomic E-state index is 12.2. The van der Waals surface area contributed by atoms with E-state index in [1.807, 2.05) is 18.2 Å². The zero-order chi connectivity index (χ0) is 16.2. The van der Waals surface area contributed by atoms with Crippen LogP contribution in [0.15, 0.2) is 46.1 Å². The molecular formula is C18H19NO4. The summed E-state index contributed by atoms with van der Waals surface area (Å²) < 4.78 is 10.8. The van der Waals surface area contributed by atoms with Gasteiger partial charge in [0.2, 0.25) is 0 Å². The highest BCUT2D eigenvalue weighted by molar-refractivity contribution is 5.97. The Labute approximate surface area is 133 Å². The average Bonchev–Trinajstić information content (AvgIpc) is 3.06. The first-order valence-electron chi connectivity index (χ1n) is 7.75. The van der Waals surface area contributed by atoms with Gasteiger partial charge in [-0.3, -0.25) is 4.79 Å². The smallest absolute Gasteiger partial charge is 0.349 e. The second-order valence-corrected chi connectivity index (χ2v) is 5.62. The van der Waals surface area contributed by atoms with Crippen molar-refractivity contribution in [1.29, 1.82) is 0 Å². The zero-order valence-corrected chi connectivity index (χ0v) is 12.8. The number of carbonyl (C=O) groups excluding carboxylic acids is 1. The maximum Gasteiger partial charge on any atom is 0.349 e. The van der Waals surface area contributed by atoms with E-state index in [-0.39, 0.29) is 11.7 Å². The van der Waals surface area contributed by atoms with Gasteiger partial charge in [0.05, 0.1) is 6.10 Å². The number of rotatable bonds is 5. The van der Waals surface area contributed by atoms with Crippen molar-refractivity contribution in [2.24, 2.45) is 0 Å². The van der Waals surface area contributed by atoms with Gasteiger partial charge in [-0.15, -0.1) is 6.58 Å². The van der Waals surface area contributed by atoms with E-state index in [9.17, 15) is 9.59 Å². The van der Waals surface area contributed by atoms with Gasteiger partial charge in [-0.05, 0) is 30.9 Å². The zero-order valence-electron chi connectivity index (χ0n) is 12.8. The van der Waals surface area contributed by atoms with Crippen LogP contribution in [0, 0.1) is 0 Å². The molecule has 1 aromatic carbocycles. The summed E-state index contributed by atoms with van der Waals surface area (Å²) >= 11 is 0. The fourth-order valence-electron chi connectivity index (χ4n) is 2.79. The topological polar surface area (TPSA) is 68.5 Å². The SMILES string of the molecule is C=CCc1cccc2cc(C(=O)NC[C@@H]3CCCO3)c(=O)oc12. The second-order valence-electron chi connectivity index (χ2n) is 5.62. The molecule has 1 aliphatic rings. The Balaban J connectivity index is 1.85. The van der Waals surface area contributed by atoms with Crippen LogP contribution in [0.1, 0.15) is 28.8 Å². The predicted octanol–water partition coefficient (Wildman–Crippen LogP) is 2.43. The van der Waals surface area contributed by atoms with Gasteiger partial charge in [0, 0.05) is 18.5 Å². The largest absolute Gasteiger partial charge is 0.422 e. The summed E-state index contributed by atoms with van der Waals surface area (Å²) in [6.45, 7) is 4.83. The molecule has 23 heavy (non-hydrogen) atoms. The molecule has 5 nitrogen and oxygen atoms in total. The highest BCUT2D eigenvalue weighted by atomic mass is 16.5. The van der Waals surface area contributed by atoms with Gasteiger partial charge in [0.25, 0.3) is 5.91 Å². The molecule has 1 aliphatic heterocycles. The number of carbonyl (C=O) groups is 1.